The lowest BCUT2D eigenvalue weighted by molar-refractivity contribution is -0.384. The first-order chi connectivity index (χ1) is 9.40. The third-order valence-corrected chi connectivity index (χ3v) is 3.59. The molecule has 106 valence electrons. The molecular weight excluding hydrogens is 282 g/mol. The maximum Gasteiger partial charge on any atom is 0.288 e. The number of carbonyl (C=O) groups excluding carboxylic acids is 1. The van der Waals surface area contributed by atoms with Gasteiger partial charge in [-0.05, 0) is 18.9 Å². The quantitative estimate of drug-likeness (QED) is 0.667. The Bertz CT molecular complexity index is 577. The van der Waals surface area contributed by atoms with Crippen molar-refractivity contribution in [2.24, 2.45) is 0 Å². The highest BCUT2D eigenvalue weighted by Crippen LogP contribution is 2.28. The molecule has 7 heteroatoms. The van der Waals surface area contributed by atoms with Crippen LogP contribution in [0, 0.1) is 21.4 Å². The van der Waals surface area contributed by atoms with Gasteiger partial charge < -0.3 is 5.32 Å². The number of nitrogens with zero attached hydrogens (tertiary/aromatic N) is 2. The normalized spacial score (nSPS) is 10.7. The van der Waals surface area contributed by atoms with Crippen molar-refractivity contribution in [3.8, 4) is 6.07 Å². The van der Waals surface area contributed by atoms with Crippen LogP contribution in [0.3, 0.4) is 0 Å². The summed E-state index contributed by atoms with van der Waals surface area (Å²) in [6.45, 7) is 3.56. The van der Waals surface area contributed by atoms with Crippen molar-refractivity contribution < 1.29 is 9.72 Å². The molecule has 20 heavy (non-hydrogen) atoms. The third kappa shape index (κ3) is 3.06. The molecule has 0 saturated carbocycles. The Morgan fingerprint density at radius 1 is 1.50 bits per heavy atom. The van der Waals surface area contributed by atoms with E-state index in [2.05, 4.69) is 11.4 Å². The summed E-state index contributed by atoms with van der Waals surface area (Å²) < 4.78 is 0. The van der Waals surface area contributed by atoms with Gasteiger partial charge in [-0.1, -0.05) is 31.5 Å². The summed E-state index contributed by atoms with van der Waals surface area (Å²) in [7, 11) is 0. The van der Waals surface area contributed by atoms with E-state index >= 15 is 0 Å². The number of hydrogen-bond acceptors (Lipinski definition) is 4. The molecular formula is C13H14ClN3O3. The van der Waals surface area contributed by atoms with Crippen LogP contribution in [0.2, 0.25) is 5.02 Å². The summed E-state index contributed by atoms with van der Waals surface area (Å²) in [5.74, 6) is -0.594. The van der Waals surface area contributed by atoms with Crippen LogP contribution in [-0.2, 0) is 0 Å². The van der Waals surface area contributed by atoms with Gasteiger partial charge in [0.1, 0.15) is 10.6 Å². The van der Waals surface area contributed by atoms with Crippen molar-refractivity contribution in [2.45, 2.75) is 32.2 Å². The maximum atomic E-state index is 12.2. The molecule has 6 nitrogen and oxygen atoms in total. The Labute approximate surface area is 121 Å². The number of nitriles is 1. The molecule has 1 aromatic rings. The summed E-state index contributed by atoms with van der Waals surface area (Å²) in [5.41, 5.74) is -1.34. The zero-order valence-corrected chi connectivity index (χ0v) is 11.9. The highest BCUT2D eigenvalue weighted by molar-refractivity contribution is 6.35. The van der Waals surface area contributed by atoms with E-state index in [1.54, 1.807) is 13.8 Å². The first-order valence-corrected chi connectivity index (χ1v) is 6.45. The van der Waals surface area contributed by atoms with Gasteiger partial charge in [0.15, 0.2) is 0 Å². The molecule has 1 N–H and O–H groups in total. The lowest BCUT2D eigenvalue weighted by atomic mass is 9.94. The number of halogens is 1. The fourth-order valence-corrected chi connectivity index (χ4v) is 2.01. The summed E-state index contributed by atoms with van der Waals surface area (Å²) in [6, 6.07) is 6.05. The summed E-state index contributed by atoms with van der Waals surface area (Å²) in [6.07, 6.45) is 0.858. The van der Waals surface area contributed by atoms with E-state index in [0.29, 0.717) is 12.8 Å². The van der Waals surface area contributed by atoms with Crippen LogP contribution < -0.4 is 5.32 Å². The van der Waals surface area contributed by atoms with Crippen LogP contribution in [0.5, 0.6) is 0 Å². The number of amides is 1. The number of rotatable bonds is 5. The number of nitro groups is 1. The first kappa shape index (κ1) is 15.9. The predicted octanol–water partition coefficient (Wildman–Crippen LogP) is 3.06. The second kappa shape index (κ2) is 6.35. The van der Waals surface area contributed by atoms with Crippen LogP contribution in [0.1, 0.15) is 37.0 Å². The third-order valence-electron chi connectivity index (χ3n) is 3.19. The van der Waals surface area contributed by atoms with Gasteiger partial charge in [0.2, 0.25) is 0 Å². The predicted molar refractivity (Wildman–Crippen MR) is 74.5 cm³/mol. The molecule has 0 bridgehead atoms. The fourth-order valence-electron chi connectivity index (χ4n) is 1.73. The first-order valence-electron chi connectivity index (χ1n) is 6.07. The van der Waals surface area contributed by atoms with E-state index in [9.17, 15) is 20.2 Å². The largest absolute Gasteiger partial charge is 0.334 e. The van der Waals surface area contributed by atoms with Crippen molar-refractivity contribution in [1.29, 1.82) is 5.26 Å². The molecule has 1 rings (SSSR count). The van der Waals surface area contributed by atoms with Gasteiger partial charge in [0, 0.05) is 6.07 Å². The van der Waals surface area contributed by atoms with Crippen molar-refractivity contribution in [3.63, 3.8) is 0 Å². The number of nitro benzene ring substituents is 1. The lowest BCUT2D eigenvalue weighted by Gasteiger charge is -2.25. The minimum absolute atomic E-state index is 0.0117. The van der Waals surface area contributed by atoms with Gasteiger partial charge in [-0.25, -0.2) is 0 Å². The fraction of sp³-hybridized carbons (Fsp3) is 0.385. The number of nitrogens with one attached hydrogen (secondary N) is 1. The Hall–Kier alpha value is -2.13. The van der Waals surface area contributed by atoms with Gasteiger partial charge in [0.25, 0.3) is 11.6 Å². The van der Waals surface area contributed by atoms with Crippen molar-refractivity contribution in [3.05, 3.63) is 38.9 Å². The highest BCUT2D eigenvalue weighted by atomic mass is 35.5. The highest BCUT2D eigenvalue weighted by Gasteiger charge is 2.30. The number of hydrogen-bond donors (Lipinski definition) is 1. The second-order valence-electron chi connectivity index (χ2n) is 4.25. The van der Waals surface area contributed by atoms with Crippen molar-refractivity contribution >= 4 is 23.2 Å². The van der Waals surface area contributed by atoms with Gasteiger partial charge in [0.05, 0.1) is 16.6 Å². The molecule has 0 atom stereocenters. The molecule has 0 aliphatic carbocycles. The van der Waals surface area contributed by atoms with Crippen LogP contribution in [-0.4, -0.2) is 16.4 Å². The Morgan fingerprint density at radius 2 is 2.10 bits per heavy atom. The SMILES string of the molecule is CCC(C#N)(CC)NC(=O)c1cccc([N+](=O)[O-])c1Cl. The average molecular weight is 296 g/mol. The molecule has 0 aliphatic rings. The van der Waals surface area contributed by atoms with Crippen LogP contribution in [0.25, 0.3) is 0 Å². The molecule has 0 saturated heterocycles. The van der Waals surface area contributed by atoms with E-state index in [0.717, 1.165) is 0 Å². The van der Waals surface area contributed by atoms with E-state index < -0.39 is 16.4 Å². The van der Waals surface area contributed by atoms with Gasteiger partial charge in [-0.3, -0.25) is 14.9 Å². The molecule has 1 amide bonds. The van der Waals surface area contributed by atoms with Crippen molar-refractivity contribution in [2.75, 3.05) is 0 Å². The molecule has 0 aliphatic heterocycles. The van der Waals surface area contributed by atoms with E-state index in [1.165, 1.54) is 18.2 Å². The van der Waals surface area contributed by atoms with E-state index in [1.807, 2.05) is 0 Å². The molecule has 0 fully saturated rings. The summed E-state index contributed by atoms with van der Waals surface area (Å²) in [5, 5.41) is 22.3. The van der Waals surface area contributed by atoms with Crippen molar-refractivity contribution in [1.82, 2.24) is 5.32 Å². The standard InChI is InChI=1S/C13H14ClN3O3/c1-3-13(4-2,8-15)16-12(18)9-6-5-7-10(11(9)14)17(19)20/h5-7H,3-4H2,1-2H3,(H,16,18). The van der Waals surface area contributed by atoms with Gasteiger partial charge >= 0.3 is 0 Å². The molecule has 1 aromatic carbocycles. The smallest absolute Gasteiger partial charge is 0.288 e. The van der Waals surface area contributed by atoms with Crippen LogP contribution in [0.15, 0.2) is 18.2 Å². The monoisotopic (exact) mass is 295 g/mol. The van der Waals surface area contributed by atoms with E-state index in [4.69, 9.17) is 11.6 Å². The van der Waals surface area contributed by atoms with E-state index in [-0.39, 0.29) is 16.3 Å². The molecule has 0 heterocycles. The van der Waals surface area contributed by atoms with Crippen LogP contribution >= 0.6 is 11.6 Å². The molecule has 0 spiro atoms. The Balaban J connectivity index is 3.14. The topological polar surface area (TPSA) is 96.0 Å². The summed E-state index contributed by atoms with van der Waals surface area (Å²) >= 11 is 5.87. The Morgan fingerprint density at radius 3 is 2.55 bits per heavy atom. The van der Waals surface area contributed by atoms with Crippen LogP contribution in [0.4, 0.5) is 5.69 Å². The second-order valence-corrected chi connectivity index (χ2v) is 4.63. The molecule has 0 radical (unpaired) electrons. The minimum atomic E-state index is -0.995. The number of carbonyl (C=O) groups is 1. The lowest BCUT2D eigenvalue weighted by Crippen LogP contribution is -2.46. The number of benzene rings is 1. The minimum Gasteiger partial charge on any atom is -0.334 e. The van der Waals surface area contributed by atoms with Gasteiger partial charge in [-0.2, -0.15) is 5.26 Å². The zero-order valence-electron chi connectivity index (χ0n) is 11.1. The molecule has 0 unspecified atom stereocenters. The summed E-state index contributed by atoms with van der Waals surface area (Å²) in [4.78, 5) is 22.3. The van der Waals surface area contributed by atoms with Gasteiger partial charge in [-0.15, -0.1) is 0 Å². The Kier molecular flexibility index (Phi) is 5.06. The zero-order chi connectivity index (χ0) is 15.3. The average Bonchev–Trinajstić information content (AvgIpc) is 2.44. The molecule has 0 aromatic heterocycles. The maximum absolute atomic E-state index is 12.2.